The first-order chi connectivity index (χ1) is 7.59. The zero-order chi connectivity index (χ0) is 12.0. The number of hydrogen-bond acceptors (Lipinski definition) is 5. The van der Waals surface area contributed by atoms with Crippen LogP contribution in [0.3, 0.4) is 0 Å². The van der Waals surface area contributed by atoms with Gasteiger partial charge in [0, 0.05) is 18.9 Å². The highest BCUT2D eigenvalue weighted by Crippen LogP contribution is 2.11. The number of thiocarbonyl (C=S) groups is 1. The summed E-state index contributed by atoms with van der Waals surface area (Å²) in [6.45, 7) is 1.50. The van der Waals surface area contributed by atoms with Gasteiger partial charge >= 0.3 is 5.97 Å². The Labute approximate surface area is 104 Å². The van der Waals surface area contributed by atoms with Crippen molar-refractivity contribution in [3.63, 3.8) is 0 Å². The molecule has 7 heteroatoms. The smallest absolute Gasteiger partial charge is 0.321 e. The van der Waals surface area contributed by atoms with Crippen LogP contribution < -0.4 is 11.1 Å². The Bertz CT molecular complexity index is 257. The van der Waals surface area contributed by atoms with Crippen molar-refractivity contribution in [2.24, 2.45) is 5.73 Å². The summed E-state index contributed by atoms with van der Waals surface area (Å²) in [4.78, 5) is 10.5. The van der Waals surface area contributed by atoms with Crippen molar-refractivity contribution in [3.8, 4) is 0 Å². The Balaban J connectivity index is 2.08. The summed E-state index contributed by atoms with van der Waals surface area (Å²) < 4.78 is 5.99. The molecule has 4 N–H and O–H groups in total. The Hall–Kier alpha value is -0.370. The van der Waals surface area contributed by atoms with E-state index in [0.717, 1.165) is 19.4 Å². The van der Waals surface area contributed by atoms with E-state index in [1.807, 2.05) is 0 Å². The van der Waals surface area contributed by atoms with Gasteiger partial charge in [-0.05, 0) is 12.8 Å². The molecule has 1 aliphatic rings. The predicted octanol–water partition coefficient (Wildman–Crippen LogP) is 0.185. The highest BCUT2D eigenvalue weighted by molar-refractivity contribution is 8.23. The van der Waals surface area contributed by atoms with Gasteiger partial charge in [0.1, 0.15) is 10.4 Å². The lowest BCUT2D eigenvalue weighted by molar-refractivity contribution is -0.137. The van der Waals surface area contributed by atoms with Crippen LogP contribution in [0, 0.1) is 0 Å². The maximum absolute atomic E-state index is 10.5. The van der Waals surface area contributed by atoms with Gasteiger partial charge in [-0.1, -0.05) is 24.0 Å². The number of hydrogen-bond donors (Lipinski definition) is 3. The molecule has 1 aliphatic heterocycles. The summed E-state index contributed by atoms with van der Waals surface area (Å²) in [6, 6.07) is -0.868. The fourth-order valence-electron chi connectivity index (χ4n) is 1.29. The van der Waals surface area contributed by atoms with Crippen LogP contribution in [-0.2, 0) is 9.53 Å². The molecule has 0 bridgehead atoms. The normalized spacial score (nSPS) is 21.7. The average molecular weight is 264 g/mol. The van der Waals surface area contributed by atoms with E-state index in [1.165, 1.54) is 11.8 Å². The molecule has 0 aromatic carbocycles. The quantitative estimate of drug-likeness (QED) is 0.611. The first-order valence-corrected chi connectivity index (χ1v) is 6.49. The van der Waals surface area contributed by atoms with Crippen LogP contribution in [0.25, 0.3) is 0 Å². The van der Waals surface area contributed by atoms with Gasteiger partial charge in [0.2, 0.25) is 0 Å². The summed E-state index contributed by atoms with van der Waals surface area (Å²) >= 11 is 6.30. The Morgan fingerprint density at radius 1 is 1.75 bits per heavy atom. The topological polar surface area (TPSA) is 84.6 Å². The average Bonchev–Trinajstić information content (AvgIpc) is 2.75. The van der Waals surface area contributed by atoms with Gasteiger partial charge < -0.3 is 20.9 Å². The lowest BCUT2D eigenvalue weighted by Gasteiger charge is -2.12. The van der Waals surface area contributed by atoms with Crippen LogP contribution in [0.4, 0.5) is 0 Å². The van der Waals surface area contributed by atoms with E-state index < -0.39 is 12.0 Å². The number of carbonyl (C=O) groups is 1. The lowest BCUT2D eigenvalue weighted by atomic mass is 10.2. The number of thioether (sulfide) groups is 1. The third-order valence-electron chi connectivity index (χ3n) is 2.21. The van der Waals surface area contributed by atoms with E-state index in [4.69, 9.17) is 27.8 Å². The summed E-state index contributed by atoms with van der Waals surface area (Å²) in [6.07, 6.45) is 2.37. The van der Waals surface area contributed by atoms with Crippen LogP contribution in [0.5, 0.6) is 0 Å². The molecule has 0 aromatic rings. The zero-order valence-electron chi connectivity index (χ0n) is 8.85. The van der Waals surface area contributed by atoms with Crippen LogP contribution in [-0.4, -0.2) is 46.4 Å². The van der Waals surface area contributed by atoms with Gasteiger partial charge in [-0.2, -0.15) is 0 Å². The van der Waals surface area contributed by atoms with Crippen LogP contribution in [0.1, 0.15) is 12.8 Å². The van der Waals surface area contributed by atoms with Gasteiger partial charge in [0.15, 0.2) is 0 Å². The fraction of sp³-hybridized carbons (Fsp3) is 0.778. The van der Waals surface area contributed by atoms with Gasteiger partial charge in [-0.3, -0.25) is 4.79 Å². The van der Waals surface area contributed by atoms with E-state index in [2.05, 4.69) is 5.32 Å². The van der Waals surface area contributed by atoms with E-state index in [-0.39, 0.29) is 11.9 Å². The highest BCUT2D eigenvalue weighted by atomic mass is 32.2. The Morgan fingerprint density at radius 2 is 2.50 bits per heavy atom. The summed E-state index contributed by atoms with van der Waals surface area (Å²) in [5.41, 5.74) is 5.35. The molecule has 2 unspecified atom stereocenters. The molecule has 0 radical (unpaired) electrons. The fourth-order valence-corrected chi connectivity index (χ4v) is 2.24. The molecular formula is C9H16N2O3S2. The molecular weight excluding hydrogens is 248 g/mol. The SMILES string of the molecule is NC(CSC(=S)NCC1CCCO1)C(=O)O. The lowest BCUT2D eigenvalue weighted by Crippen LogP contribution is -2.35. The van der Waals surface area contributed by atoms with Gasteiger partial charge in [-0.25, -0.2) is 0 Å². The largest absolute Gasteiger partial charge is 0.480 e. The Kier molecular flexibility index (Phi) is 6.04. The third kappa shape index (κ3) is 5.11. The van der Waals surface area contributed by atoms with Gasteiger partial charge in [0.25, 0.3) is 0 Å². The minimum absolute atomic E-state index is 0.228. The van der Waals surface area contributed by atoms with Crippen molar-refractivity contribution in [2.75, 3.05) is 18.9 Å². The minimum atomic E-state index is -1.01. The van der Waals surface area contributed by atoms with E-state index in [1.54, 1.807) is 0 Å². The van der Waals surface area contributed by atoms with Crippen molar-refractivity contribution in [1.29, 1.82) is 0 Å². The van der Waals surface area contributed by atoms with E-state index in [0.29, 0.717) is 10.9 Å². The molecule has 0 aliphatic carbocycles. The van der Waals surface area contributed by atoms with Crippen molar-refractivity contribution < 1.29 is 14.6 Å². The van der Waals surface area contributed by atoms with E-state index in [9.17, 15) is 4.79 Å². The van der Waals surface area contributed by atoms with Crippen LogP contribution in [0.15, 0.2) is 0 Å². The highest BCUT2D eigenvalue weighted by Gasteiger charge is 2.16. The third-order valence-corrected chi connectivity index (χ3v) is 3.64. The molecule has 0 aromatic heterocycles. The number of nitrogens with two attached hydrogens (primary N) is 1. The molecule has 1 rings (SSSR count). The molecule has 1 saturated heterocycles. The molecule has 0 spiro atoms. The molecule has 1 heterocycles. The maximum atomic E-state index is 10.5. The van der Waals surface area contributed by atoms with Crippen LogP contribution >= 0.6 is 24.0 Å². The number of nitrogens with one attached hydrogen (secondary N) is 1. The summed E-state index contributed by atoms with van der Waals surface area (Å²) in [7, 11) is 0. The standard InChI is InChI=1S/C9H16N2O3S2/c10-7(8(12)13)5-16-9(15)11-4-6-2-1-3-14-6/h6-7H,1-5,10H2,(H,11,15)(H,12,13). The first-order valence-electron chi connectivity index (χ1n) is 5.10. The maximum Gasteiger partial charge on any atom is 0.321 e. The predicted molar refractivity (Wildman–Crippen MR) is 67.6 cm³/mol. The van der Waals surface area contributed by atoms with Crippen molar-refractivity contribution in [3.05, 3.63) is 0 Å². The first kappa shape index (κ1) is 13.7. The molecule has 1 fully saturated rings. The number of carboxylic acid groups (broad SMARTS) is 1. The second-order valence-electron chi connectivity index (χ2n) is 3.56. The minimum Gasteiger partial charge on any atom is -0.480 e. The molecule has 5 nitrogen and oxygen atoms in total. The molecule has 0 saturated carbocycles. The summed E-state index contributed by atoms with van der Waals surface area (Å²) in [5, 5.41) is 11.6. The monoisotopic (exact) mass is 264 g/mol. The number of aliphatic carboxylic acids is 1. The van der Waals surface area contributed by atoms with Gasteiger partial charge in [0.05, 0.1) is 6.10 Å². The van der Waals surface area contributed by atoms with Crippen molar-refractivity contribution in [1.82, 2.24) is 5.32 Å². The second kappa shape index (κ2) is 7.05. The molecule has 16 heavy (non-hydrogen) atoms. The molecule has 92 valence electrons. The molecule has 2 atom stereocenters. The number of rotatable bonds is 5. The van der Waals surface area contributed by atoms with Crippen molar-refractivity contribution >= 4 is 34.3 Å². The summed E-state index contributed by atoms with van der Waals surface area (Å²) in [5.74, 6) is -0.721. The second-order valence-corrected chi connectivity index (χ2v) is 5.26. The Morgan fingerprint density at radius 3 is 3.06 bits per heavy atom. The number of ether oxygens (including phenoxy) is 1. The van der Waals surface area contributed by atoms with E-state index >= 15 is 0 Å². The number of carboxylic acids is 1. The van der Waals surface area contributed by atoms with Gasteiger partial charge in [-0.15, -0.1) is 0 Å². The van der Waals surface area contributed by atoms with Crippen molar-refractivity contribution in [2.45, 2.75) is 25.0 Å². The zero-order valence-corrected chi connectivity index (χ0v) is 10.5. The molecule has 0 amide bonds. The van der Waals surface area contributed by atoms with Crippen LogP contribution in [0.2, 0.25) is 0 Å².